The second-order valence-electron chi connectivity index (χ2n) is 8.20. The second-order valence-corrected chi connectivity index (χ2v) is 9.52. The van der Waals surface area contributed by atoms with Crippen molar-refractivity contribution in [2.75, 3.05) is 0 Å². The van der Waals surface area contributed by atoms with Crippen LogP contribution in [0.5, 0.6) is 5.75 Å². The van der Waals surface area contributed by atoms with Crippen molar-refractivity contribution >= 4 is 56.3 Å². The standard InChI is InChI=1S/C26H20BrClN4O6/c1-2-3-23-30-21-9-8-18(27)12-19(21)25(33)31(23)29-13-16-10-20(28)24(22(11-16)32(36)37)38-14-15-4-6-17(7-5-15)26(34)35/h4-13H,2-3,14H2,1H3,(H,34,35). The molecule has 0 saturated carbocycles. The molecule has 1 aromatic heterocycles. The Labute approximate surface area is 229 Å². The monoisotopic (exact) mass is 598 g/mol. The summed E-state index contributed by atoms with van der Waals surface area (Å²) in [4.78, 5) is 39.9. The van der Waals surface area contributed by atoms with E-state index in [0.717, 1.165) is 10.9 Å². The molecular formula is C26H20BrClN4O6. The summed E-state index contributed by atoms with van der Waals surface area (Å²) in [5, 5.41) is 25.5. The van der Waals surface area contributed by atoms with Gasteiger partial charge in [0.1, 0.15) is 12.4 Å². The molecule has 0 aliphatic rings. The van der Waals surface area contributed by atoms with Gasteiger partial charge in [0.25, 0.3) is 5.56 Å². The number of aryl methyl sites for hydroxylation is 1. The third-order valence-electron chi connectivity index (χ3n) is 5.50. The van der Waals surface area contributed by atoms with Gasteiger partial charge in [-0.1, -0.05) is 46.6 Å². The smallest absolute Gasteiger partial charge is 0.335 e. The summed E-state index contributed by atoms with van der Waals surface area (Å²) >= 11 is 9.71. The SMILES string of the molecule is CCCc1nc2ccc(Br)cc2c(=O)n1N=Cc1cc(Cl)c(OCc2ccc(C(=O)O)cc2)c([N+](=O)[O-])c1. The van der Waals surface area contributed by atoms with Crippen LogP contribution in [0.2, 0.25) is 5.02 Å². The van der Waals surface area contributed by atoms with Crippen LogP contribution in [0, 0.1) is 10.1 Å². The van der Waals surface area contributed by atoms with E-state index in [-0.39, 0.29) is 39.8 Å². The van der Waals surface area contributed by atoms with Crippen molar-refractivity contribution in [3.63, 3.8) is 0 Å². The molecule has 38 heavy (non-hydrogen) atoms. The molecule has 4 rings (SSSR count). The lowest BCUT2D eigenvalue weighted by Crippen LogP contribution is -2.22. The van der Waals surface area contributed by atoms with Gasteiger partial charge in [-0.05, 0) is 48.4 Å². The van der Waals surface area contributed by atoms with Gasteiger partial charge in [0.15, 0.2) is 0 Å². The van der Waals surface area contributed by atoms with Crippen LogP contribution < -0.4 is 10.3 Å². The van der Waals surface area contributed by atoms with Crippen LogP contribution in [0.25, 0.3) is 10.9 Å². The minimum Gasteiger partial charge on any atom is -0.481 e. The van der Waals surface area contributed by atoms with Crippen molar-refractivity contribution in [3.05, 3.63) is 107 Å². The molecule has 12 heteroatoms. The fraction of sp³-hybridized carbons (Fsp3) is 0.154. The van der Waals surface area contributed by atoms with Crippen LogP contribution in [0.1, 0.15) is 40.7 Å². The highest BCUT2D eigenvalue weighted by atomic mass is 79.9. The molecular weight excluding hydrogens is 580 g/mol. The number of aromatic carboxylic acids is 1. The van der Waals surface area contributed by atoms with Crippen LogP contribution in [0.3, 0.4) is 0 Å². The summed E-state index contributed by atoms with van der Waals surface area (Å²) in [5.74, 6) is -0.750. The average molecular weight is 600 g/mol. The summed E-state index contributed by atoms with van der Waals surface area (Å²) < 4.78 is 7.53. The molecule has 0 bridgehead atoms. The number of halogens is 2. The van der Waals surface area contributed by atoms with Crippen molar-refractivity contribution in [1.29, 1.82) is 0 Å². The summed E-state index contributed by atoms with van der Waals surface area (Å²) in [6.07, 6.45) is 2.53. The van der Waals surface area contributed by atoms with Crippen molar-refractivity contribution < 1.29 is 19.6 Å². The van der Waals surface area contributed by atoms with Crippen molar-refractivity contribution in [1.82, 2.24) is 9.66 Å². The lowest BCUT2D eigenvalue weighted by Gasteiger charge is -2.10. The molecule has 0 amide bonds. The van der Waals surface area contributed by atoms with Gasteiger partial charge in [0.05, 0.1) is 32.6 Å². The maximum absolute atomic E-state index is 13.2. The van der Waals surface area contributed by atoms with Gasteiger partial charge in [0.2, 0.25) is 5.75 Å². The van der Waals surface area contributed by atoms with Crippen LogP contribution in [0.15, 0.2) is 69.0 Å². The van der Waals surface area contributed by atoms with Crippen LogP contribution >= 0.6 is 27.5 Å². The molecule has 0 aliphatic carbocycles. The molecule has 0 fully saturated rings. The average Bonchev–Trinajstić information content (AvgIpc) is 2.88. The van der Waals surface area contributed by atoms with E-state index in [4.69, 9.17) is 21.4 Å². The molecule has 0 atom stereocenters. The van der Waals surface area contributed by atoms with E-state index in [0.29, 0.717) is 28.7 Å². The van der Waals surface area contributed by atoms with Gasteiger partial charge >= 0.3 is 11.7 Å². The molecule has 10 nitrogen and oxygen atoms in total. The van der Waals surface area contributed by atoms with Gasteiger partial charge in [0, 0.05) is 22.5 Å². The quantitative estimate of drug-likeness (QED) is 0.145. The maximum atomic E-state index is 13.2. The Hall–Kier alpha value is -4.09. The Morgan fingerprint density at radius 1 is 1.24 bits per heavy atom. The number of benzene rings is 3. The van der Waals surface area contributed by atoms with E-state index in [1.54, 1.807) is 30.3 Å². The predicted octanol–water partition coefficient (Wildman–Crippen LogP) is 5.83. The number of hydrogen-bond donors (Lipinski definition) is 1. The van der Waals surface area contributed by atoms with Crippen molar-refractivity contribution in [2.45, 2.75) is 26.4 Å². The number of ether oxygens (including phenoxy) is 1. The highest BCUT2D eigenvalue weighted by Crippen LogP contribution is 2.36. The number of rotatable bonds is 9. The molecule has 0 aliphatic heterocycles. The van der Waals surface area contributed by atoms with E-state index >= 15 is 0 Å². The van der Waals surface area contributed by atoms with E-state index < -0.39 is 10.9 Å². The van der Waals surface area contributed by atoms with Gasteiger partial charge < -0.3 is 9.84 Å². The Morgan fingerprint density at radius 2 is 1.97 bits per heavy atom. The van der Waals surface area contributed by atoms with Gasteiger partial charge in [-0.15, -0.1) is 0 Å². The minimum absolute atomic E-state index is 0.0236. The Balaban J connectivity index is 1.67. The normalized spacial score (nSPS) is 11.2. The van der Waals surface area contributed by atoms with Crippen molar-refractivity contribution in [2.24, 2.45) is 5.10 Å². The van der Waals surface area contributed by atoms with Gasteiger partial charge in [-0.25, -0.2) is 9.78 Å². The lowest BCUT2D eigenvalue weighted by atomic mass is 10.1. The first kappa shape index (κ1) is 27.0. The van der Waals surface area contributed by atoms with Crippen molar-refractivity contribution in [3.8, 4) is 5.75 Å². The zero-order chi connectivity index (χ0) is 27.4. The number of carbonyl (C=O) groups is 1. The Morgan fingerprint density at radius 3 is 2.63 bits per heavy atom. The number of nitro benzene ring substituents is 1. The third kappa shape index (κ3) is 5.90. The summed E-state index contributed by atoms with van der Waals surface area (Å²) in [7, 11) is 0. The number of nitro groups is 1. The number of aromatic nitrogens is 2. The first-order chi connectivity index (χ1) is 18.2. The number of nitrogens with zero attached hydrogens (tertiary/aromatic N) is 4. The minimum atomic E-state index is -1.06. The van der Waals surface area contributed by atoms with E-state index in [9.17, 15) is 19.7 Å². The molecule has 0 saturated heterocycles. The summed E-state index contributed by atoms with van der Waals surface area (Å²) in [6.45, 7) is 1.89. The second kappa shape index (κ2) is 11.5. The molecule has 0 unspecified atom stereocenters. The largest absolute Gasteiger partial charge is 0.481 e. The van der Waals surface area contributed by atoms with Crippen LogP contribution in [-0.2, 0) is 13.0 Å². The molecule has 1 N–H and O–H groups in total. The maximum Gasteiger partial charge on any atom is 0.335 e. The first-order valence-corrected chi connectivity index (χ1v) is 12.5. The summed E-state index contributed by atoms with van der Waals surface area (Å²) in [6, 6.07) is 13.8. The van der Waals surface area contributed by atoms with E-state index in [2.05, 4.69) is 26.0 Å². The fourth-order valence-corrected chi connectivity index (χ4v) is 4.31. The molecule has 0 spiro atoms. The number of fused-ring (bicyclic) bond motifs is 1. The van der Waals surface area contributed by atoms with E-state index in [1.807, 2.05) is 6.92 Å². The number of carboxylic acids is 1. The fourth-order valence-electron chi connectivity index (χ4n) is 3.68. The zero-order valence-electron chi connectivity index (χ0n) is 19.9. The van der Waals surface area contributed by atoms with Crippen LogP contribution in [0.4, 0.5) is 5.69 Å². The Kier molecular flexibility index (Phi) is 8.18. The molecule has 0 radical (unpaired) electrons. The summed E-state index contributed by atoms with van der Waals surface area (Å²) in [5.41, 5.74) is 0.781. The highest BCUT2D eigenvalue weighted by molar-refractivity contribution is 9.10. The highest BCUT2D eigenvalue weighted by Gasteiger charge is 2.21. The molecule has 1 heterocycles. The van der Waals surface area contributed by atoms with Gasteiger partial charge in [-0.2, -0.15) is 9.78 Å². The molecule has 4 aromatic rings. The lowest BCUT2D eigenvalue weighted by molar-refractivity contribution is -0.385. The molecule has 3 aromatic carbocycles. The predicted molar refractivity (Wildman–Crippen MR) is 147 cm³/mol. The Bertz CT molecular complexity index is 1640. The van der Waals surface area contributed by atoms with Crippen LogP contribution in [-0.4, -0.2) is 31.9 Å². The molecule has 194 valence electrons. The number of hydrogen-bond acceptors (Lipinski definition) is 7. The number of carboxylic acid groups (broad SMARTS) is 1. The zero-order valence-corrected chi connectivity index (χ0v) is 22.3. The first-order valence-electron chi connectivity index (χ1n) is 11.4. The third-order valence-corrected chi connectivity index (χ3v) is 6.27. The van der Waals surface area contributed by atoms with E-state index in [1.165, 1.54) is 35.2 Å². The van der Waals surface area contributed by atoms with Gasteiger partial charge in [-0.3, -0.25) is 14.9 Å². The topological polar surface area (TPSA) is 137 Å².